The molecule has 2 aromatic heterocycles. The number of fused-ring (bicyclic) bond motifs is 4. The molecule has 0 radical (unpaired) electrons. The van der Waals surface area contributed by atoms with Crippen LogP contribution in [-0.2, 0) is 37.3 Å². The summed E-state index contributed by atoms with van der Waals surface area (Å²) >= 11 is 0. The van der Waals surface area contributed by atoms with E-state index in [-0.39, 0.29) is 37.3 Å². The van der Waals surface area contributed by atoms with E-state index in [1.54, 1.807) is 0 Å². The Balaban J connectivity index is 0.00000624. The molecule has 71 heavy (non-hydrogen) atoms. The molecule has 7 aromatic carbocycles. The molecule has 1 aliphatic rings. The zero-order valence-electron chi connectivity index (χ0n) is 43.3. The van der Waals surface area contributed by atoms with Gasteiger partial charge in [-0.25, -0.2) is 4.98 Å². The molecule has 0 saturated heterocycles. The van der Waals surface area contributed by atoms with Crippen LogP contribution in [0.3, 0.4) is 0 Å². The molecule has 3 heterocycles. The van der Waals surface area contributed by atoms with E-state index in [4.69, 9.17) is 9.72 Å². The Bertz CT molecular complexity index is 3380. The molecule has 0 amide bonds. The number of pyridine rings is 1. The van der Waals surface area contributed by atoms with Gasteiger partial charge in [0.15, 0.2) is 0 Å². The first-order valence-corrected chi connectivity index (χ1v) is 24.9. The van der Waals surface area contributed by atoms with Crippen molar-refractivity contribution in [3.8, 4) is 28.4 Å². The van der Waals surface area contributed by atoms with Crippen LogP contribution in [0.1, 0.15) is 128 Å². The van der Waals surface area contributed by atoms with Crippen LogP contribution >= 0.6 is 0 Å². The summed E-state index contributed by atoms with van der Waals surface area (Å²) in [5.41, 5.74) is 16.1. The van der Waals surface area contributed by atoms with Gasteiger partial charge >= 0.3 is 0 Å². The van der Waals surface area contributed by atoms with Gasteiger partial charge in [-0.05, 0) is 115 Å². The van der Waals surface area contributed by atoms with E-state index < -0.39 is 0 Å². The third kappa shape index (κ3) is 9.35. The Kier molecular flexibility index (Phi) is 13.2. The number of hydrogen-bond donors (Lipinski definition) is 0. The van der Waals surface area contributed by atoms with Crippen molar-refractivity contribution in [3.05, 3.63) is 210 Å². The van der Waals surface area contributed by atoms with Crippen molar-refractivity contribution in [2.75, 3.05) is 9.80 Å². The van der Waals surface area contributed by atoms with Gasteiger partial charge in [-0.2, -0.15) is 12.1 Å². The van der Waals surface area contributed by atoms with Crippen molar-refractivity contribution >= 4 is 44.6 Å². The molecule has 0 N–H and O–H groups in total. The molecule has 9 aromatic rings. The summed E-state index contributed by atoms with van der Waals surface area (Å²) in [5, 5.41) is 2.25. The second-order valence-electron chi connectivity index (χ2n) is 22.3. The van der Waals surface area contributed by atoms with Crippen LogP contribution in [0.25, 0.3) is 38.8 Å². The van der Waals surface area contributed by atoms with E-state index >= 15 is 0 Å². The van der Waals surface area contributed by atoms with Gasteiger partial charge in [0.1, 0.15) is 5.82 Å². The summed E-state index contributed by atoms with van der Waals surface area (Å²) in [6.07, 6.45) is 1.93. The van der Waals surface area contributed by atoms with Crippen LogP contribution in [0.2, 0.25) is 0 Å². The second kappa shape index (κ2) is 19.0. The van der Waals surface area contributed by atoms with Gasteiger partial charge in [0.05, 0.1) is 0 Å². The molecule has 0 fully saturated rings. The van der Waals surface area contributed by atoms with E-state index in [1.807, 2.05) is 18.3 Å². The summed E-state index contributed by atoms with van der Waals surface area (Å²) in [5.74, 6) is 2.78. The van der Waals surface area contributed by atoms with Crippen molar-refractivity contribution in [2.24, 2.45) is 0 Å². The largest absolute Gasteiger partial charge is 0.509 e. The van der Waals surface area contributed by atoms with Gasteiger partial charge < -0.3 is 19.1 Å². The van der Waals surface area contributed by atoms with Gasteiger partial charge in [0, 0.05) is 66.8 Å². The molecular weight excluding hydrogens is 1050 g/mol. The normalized spacial score (nSPS) is 13.1. The Morgan fingerprint density at radius 1 is 0.535 bits per heavy atom. The summed E-state index contributed by atoms with van der Waals surface area (Å²) in [7, 11) is 0. The number of anilines is 4. The standard InChI is InChI=1S/C65H65N4O.Pt/c1-42(2)53-25-18-26-54(43(3)4)62(53)44-27-31-58-60(35-44)68(41-67(58)49-22-16-21-46(36-49)63(5,6)7)50-23-17-24-51(39-50)70-52-29-30-55-56-37-47(64(8,9)10)28-32-57(56)69(59(55)40-52)61-38-48(33-34-66-61)65(11,12)45-19-14-13-15-20-45;/h13-38,41-43H,1-12H3;/q-3;. The topological polar surface area (TPSA) is 33.5 Å². The fraction of sp³-hybridized carbons (Fsp3) is 0.262. The van der Waals surface area contributed by atoms with Gasteiger partial charge in [-0.15, -0.1) is 48.1 Å². The van der Waals surface area contributed by atoms with E-state index in [1.165, 1.54) is 44.5 Å². The Hall–Kier alpha value is -6.42. The first-order valence-electron chi connectivity index (χ1n) is 24.9. The summed E-state index contributed by atoms with van der Waals surface area (Å²) in [4.78, 5) is 9.60. The minimum Gasteiger partial charge on any atom is -0.509 e. The molecule has 0 bridgehead atoms. The van der Waals surface area contributed by atoms with Crippen LogP contribution in [0.5, 0.6) is 11.5 Å². The molecule has 1 aliphatic heterocycles. The maximum atomic E-state index is 6.82. The van der Waals surface area contributed by atoms with Crippen LogP contribution in [0.15, 0.2) is 158 Å². The molecule has 364 valence electrons. The van der Waals surface area contributed by atoms with Crippen LogP contribution in [0.4, 0.5) is 22.7 Å². The van der Waals surface area contributed by atoms with Crippen LogP contribution in [-0.4, -0.2) is 9.55 Å². The van der Waals surface area contributed by atoms with E-state index in [0.717, 1.165) is 50.4 Å². The average Bonchev–Trinajstić information content (AvgIpc) is 3.89. The molecule has 0 unspecified atom stereocenters. The van der Waals surface area contributed by atoms with E-state index in [9.17, 15) is 0 Å². The third-order valence-corrected chi connectivity index (χ3v) is 14.3. The Labute approximate surface area is 436 Å². The summed E-state index contributed by atoms with van der Waals surface area (Å²) in [6.45, 7) is 29.5. The van der Waals surface area contributed by atoms with E-state index in [2.05, 4.69) is 256 Å². The molecule has 0 atom stereocenters. The molecule has 10 rings (SSSR count). The van der Waals surface area contributed by atoms with Gasteiger partial charge in [-0.3, -0.25) is 0 Å². The van der Waals surface area contributed by atoms with Crippen LogP contribution < -0.4 is 14.5 Å². The number of hydrogen-bond acceptors (Lipinski definition) is 4. The molecule has 0 saturated carbocycles. The zero-order chi connectivity index (χ0) is 49.3. The van der Waals surface area contributed by atoms with E-state index in [0.29, 0.717) is 23.3 Å². The van der Waals surface area contributed by atoms with Gasteiger partial charge in [0.25, 0.3) is 0 Å². The SMILES string of the molecule is CC(C)c1cccc(C(C)C)c1-c1ccc2c(c1)N(c1[c-]c(Oc3[c-]c4c(cc3)c3cc(C(C)(C)C)ccc3n4-c3cc(C(C)(C)c4ccccc4)ccn3)ccc1)[CH-]N2c1cccc(C(C)(C)C)c1.[Pt]. The Morgan fingerprint density at radius 3 is 1.90 bits per heavy atom. The van der Waals surface area contributed by atoms with Gasteiger partial charge in [0.2, 0.25) is 0 Å². The van der Waals surface area contributed by atoms with Gasteiger partial charge in [-0.1, -0.05) is 167 Å². The fourth-order valence-electron chi connectivity index (χ4n) is 10.1. The van der Waals surface area contributed by atoms with Crippen LogP contribution in [0, 0.1) is 18.8 Å². The first kappa shape index (κ1) is 49.6. The predicted octanol–water partition coefficient (Wildman–Crippen LogP) is 17.8. The molecule has 0 spiro atoms. The smallest absolute Gasteiger partial charge is 0.135 e. The monoisotopic (exact) mass is 1110 g/mol. The minimum absolute atomic E-state index is 0. The van der Waals surface area contributed by atoms with Crippen molar-refractivity contribution < 1.29 is 25.8 Å². The quantitative estimate of drug-likeness (QED) is 0.128. The predicted molar refractivity (Wildman–Crippen MR) is 294 cm³/mol. The van der Waals surface area contributed by atoms with Crippen molar-refractivity contribution in [1.82, 2.24) is 9.55 Å². The molecular formula is C65H65N4OPt-3. The minimum atomic E-state index is -0.242. The fourth-order valence-corrected chi connectivity index (χ4v) is 10.1. The number of aromatic nitrogens is 2. The van der Waals surface area contributed by atoms with Crippen molar-refractivity contribution in [3.63, 3.8) is 0 Å². The first-order chi connectivity index (χ1) is 33.4. The zero-order valence-corrected chi connectivity index (χ0v) is 45.5. The van der Waals surface area contributed by atoms with Crippen molar-refractivity contribution in [2.45, 2.75) is 111 Å². The average molecular weight is 1110 g/mol. The maximum absolute atomic E-state index is 6.82. The number of ether oxygens (including phenoxy) is 1. The third-order valence-electron chi connectivity index (χ3n) is 14.3. The second-order valence-corrected chi connectivity index (χ2v) is 22.3. The number of benzene rings is 7. The molecule has 0 aliphatic carbocycles. The van der Waals surface area contributed by atoms with Crippen molar-refractivity contribution in [1.29, 1.82) is 0 Å². The maximum Gasteiger partial charge on any atom is 0.135 e. The summed E-state index contributed by atoms with van der Waals surface area (Å²) < 4.78 is 9.06. The number of rotatable bonds is 10. The molecule has 5 nitrogen and oxygen atoms in total. The Morgan fingerprint density at radius 2 is 1.20 bits per heavy atom. The summed E-state index contributed by atoms with van der Waals surface area (Å²) in [6, 6.07) is 62.3. The molecule has 6 heteroatoms. The number of nitrogens with zero attached hydrogens (tertiary/aromatic N) is 4.